The SMILES string of the molecule is CCCCC1(c2ccc(C(C)(C)C)cc2)c2ccccc2-c2ccc(C=C(c3ccccc3)c3ccc(-c4c5ccccc5c(-c5ccc(C(=Cc6ccc7c(c6)C(CCCC)(c6ccc(C(C)(C)C)cc6)c6ccccc6-7)c6ccccc6)cc5)c5ccccc45)cc3)cc21. The summed E-state index contributed by atoms with van der Waals surface area (Å²) in [6, 6.07) is 111. The predicted octanol–water partition coefficient (Wildman–Crippen LogP) is 26.1. The Labute approximate surface area is 570 Å². The number of fused-ring (bicyclic) bond motifs is 8. The van der Waals surface area contributed by atoms with Crippen molar-refractivity contribution >= 4 is 44.8 Å². The molecule has 0 saturated carbocycles. The van der Waals surface area contributed by atoms with E-state index in [1.807, 2.05) is 0 Å². The van der Waals surface area contributed by atoms with Crippen molar-refractivity contribution in [3.8, 4) is 44.5 Å². The third-order valence-corrected chi connectivity index (χ3v) is 21.4. The maximum absolute atomic E-state index is 2.52. The molecule has 0 saturated heterocycles. The monoisotopic (exact) mass is 1240 g/mol. The molecule has 0 spiro atoms. The van der Waals surface area contributed by atoms with Crippen LogP contribution in [0.3, 0.4) is 0 Å². The Kier molecular flexibility index (Phi) is 16.3. The van der Waals surface area contributed by atoms with E-state index in [0.717, 1.165) is 38.5 Å². The van der Waals surface area contributed by atoms with Crippen molar-refractivity contribution in [3.63, 3.8) is 0 Å². The Morgan fingerprint density at radius 3 is 0.958 bits per heavy atom. The van der Waals surface area contributed by atoms with Crippen molar-refractivity contribution < 1.29 is 0 Å². The van der Waals surface area contributed by atoms with E-state index in [1.165, 1.54) is 155 Å². The van der Waals surface area contributed by atoms with Crippen LogP contribution in [0, 0.1) is 0 Å². The van der Waals surface area contributed by atoms with Crippen molar-refractivity contribution in [2.45, 2.75) is 116 Å². The van der Waals surface area contributed by atoms with Crippen LogP contribution in [0.25, 0.3) is 89.4 Å². The van der Waals surface area contributed by atoms with Crippen LogP contribution >= 0.6 is 0 Å². The third kappa shape index (κ3) is 10.9. The van der Waals surface area contributed by atoms with Gasteiger partial charge in [0.1, 0.15) is 0 Å². The summed E-state index contributed by atoms with van der Waals surface area (Å²) in [5.41, 5.74) is 30.6. The zero-order valence-electron chi connectivity index (χ0n) is 57.1. The lowest BCUT2D eigenvalue weighted by Gasteiger charge is -2.34. The molecule has 0 radical (unpaired) electrons. The van der Waals surface area contributed by atoms with Gasteiger partial charge < -0.3 is 0 Å². The molecule has 0 heteroatoms. The summed E-state index contributed by atoms with van der Waals surface area (Å²) in [6.07, 6.45) is 11.5. The first-order chi connectivity index (χ1) is 46.8. The third-order valence-electron chi connectivity index (χ3n) is 21.4. The van der Waals surface area contributed by atoms with E-state index in [-0.39, 0.29) is 21.7 Å². The van der Waals surface area contributed by atoms with E-state index in [2.05, 4.69) is 359 Å². The predicted molar refractivity (Wildman–Crippen MR) is 412 cm³/mol. The van der Waals surface area contributed by atoms with Gasteiger partial charge in [-0.3, -0.25) is 0 Å². The Hall–Kier alpha value is -10.1. The Bertz CT molecular complexity index is 4700. The lowest BCUT2D eigenvalue weighted by atomic mass is 9.68. The summed E-state index contributed by atoms with van der Waals surface area (Å²) in [7, 11) is 0. The highest BCUT2D eigenvalue weighted by molar-refractivity contribution is 6.21. The van der Waals surface area contributed by atoms with Crippen LogP contribution < -0.4 is 0 Å². The van der Waals surface area contributed by atoms with Gasteiger partial charge in [0.15, 0.2) is 0 Å². The molecule has 15 rings (SSSR count). The van der Waals surface area contributed by atoms with Crippen molar-refractivity contribution in [1.29, 1.82) is 0 Å². The molecule has 0 N–H and O–H groups in total. The Balaban J connectivity index is 0.801. The molecule has 470 valence electrons. The highest BCUT2D eigenvalue weighted by atomic mass is 14.5. The minimum absolute atomic E-state index is 0.0734. The van der Waals surface area contributed by atoms with Crippen LogP contribution in [0.15, 0.2) is 291 Å². The lowest BCUT2D eigenvalue weighted by Crippen LogP contribution is -2.27. The minimum Gasteiger partial charge on any atom is -0.0654 e. The number of rotatable bonds is 16. The van der Waals surface area contributed by atoms with E-state index in [0.29, 0.717) is 0 Å². The van der Waals surface area contributed by atoms with Gasteiger partial charge in [-0.15, -0.1) is 0 Å². The van der Waals surface area contributed by atoms with Gasteiger partial charge in [0.05, 0.1) is 0 Å². The molecule has 0 aromatic heterocycles. The van der Waals surface area contributed by atoms with Crippen molar-refractivity contribution in [3.05, 3.63) is 369 Å². The summed E-state index contributed by atoms with van der Waals surface area (Å²) in [6.45, 7) is 18.5. The fourth-order valence-corrected chi connectivity index (χ4v) is 16.4. The molecule has 0 nitrogen and oxygen atoms in total. The first kappa shape index (κ1) is 62.0. The standard InChI is InChI=1S/C96H86/c1-9-11-59-95(75-53-49-73(50-54-75)93(3,4)5)87-37-25-23-31-77(87)79-57-39-65(63-89(79)95)61-85(67-27-15-13-16-28-67)69-41-45-71(46-42-69)91-81-33-19-21-35-83(81)92(84-36-22-20-34-82(84)91)72-47-43-70(44-48-72)86(68-29-17-14-18-30-68)62-66-40-58-80-78-32-24-26-38-88(78)96(60-12-10-2,90(80)64-66)76-55-51-74(52-56-76)94(6,7)8/h13-58,61-64H,9-12,59-60H2,1-8H3. The van der Waals surface area contributed by atoms with Gasteiger partial charge in [-0.05, 0) is 203 Å². The molecule has 0 bridgehead atoms. The van der Waals surface area contributed by atoms with E-state index in [4.69, 9.17) is 0 Å². The number of unbranched alkanes of at least 4 members (excludes halogenated alkanes) is 2. The summed E-state index contributed by atoms with van der Waals surface area (Å²) in [5, 5.41) is 4.96. The van der Waals surface area contributed by atoms with E-state index >= 15 is 0 Å². The highest BCUT2D eigenvalue weighted by Gasteiger charge is 2.46. The average Bonchev–Trinajstić information content (AvgIpc) is 1.54. The summed E-state index contributed by atoms with van der Waals surface area (Å²) < 4.78 is 0. The van der Waals surface area contributed by atoms with E-state index in [9.17, 15) is 0 Å². The Morgan fingerprint density at radius 1 is 0.302 bits per heavy atom. The first-order valence-corrected chi connectivity index (χ1v) is 35.2. The second-order valence-corrected chi connectivity index (χ2v) is 29.2. The molecule has 0 amide bonds. The lowest BCUT2D eigenvalue weighted by molar-refractivity contribution is 0.536. The Morgan fingerprint density at radius 2 is 0.615 bits per heavy atom. The van der Waals surface area contributed by atoms with Crippen molar-refractivity contribution in [1.82, 2.24) is 0 Å². The van der Waals surface area contributed by atoms with Crippen molar-refractivity contribution in [2.75, 3.05) is 0 Å². The van der Waals surface area contributed by atoms with Crippen LogP contribution in [-0.4, -0.2) is 0 Å². The van der Waals surface area contributed by atoms with Gasteiger partial charge in [0, 0.05) is 10.8 Å². The molecule has 2 aliphatic carbocycles. The summed E-state index contributed by atoms with van der Waals surface area (Å²) >= 11 is 0. The molecule has 2 atom stereocenters. The van der Waals surface area contributed by atoms with Gasteiger partial charge in [-0.1, -0.05) is 360 Å². The molecule has 13 aromatic carbocycles. The molecule has 0 fully saturated rings. The van der Waals surface area contributed by atoms with Crippen molar-refractivity contribution in [2.24, 2.45) is 0 Å². The number of hydrogen-bond acceptors (Lipinski definition) is 0. The summed E-state index contributed by atoms with van der Waals surface area (Å²) in [5.74, 6) is 0. The summed E-state index contributed by atoms with van der Waals surface area (Å²) in [4.78, 5) is 0. The highest BCUT2D eigenvalue weighted by Crippen LogP contribution is 2.58. The molecule has 96 heavy (non-hydrogen) atoms. The van der Waals surface area contributed by atoms with Gasteiger partial charge in [-0.25, -0.2) is 0 Å². The zero-order chi connectivity index (χ0) is 65.8. The van der Waals surface area contributed by atoms with E-state index in [1.54, 1.807) is 0 Å². The van der Waals surface area contributed by atoms with Gasteiger partial charge in [-0.2, -0.15) is 0 Å². The topological polar surface area (TPSA) is 0 Å². The number of benzene rings is 13. The van der Waals surface area contributed by atoms with Crippen LogP contribution in [0.4, 0.5) is 0 Å². The molecule has 0 aliphatic heterocycles. The maximum atomic E-state index is 2.52. The zero-order valence-corrected chi connectivity index (χ0v) is 57.1. The van der Waals surface area contributed by atoms with Crippen LogP contribution in [0.5, 0.6) is 0 Å². The van der Waals surface area contributed by atoms with Crippen LogP contribution in [0.1, 0.15) is 172 Å². The van der Waals surface area contributed by atoms with Gasteiger partial charge >= 0.3 is 0 Å². The van der Waals surface area contributed by atoms with Gasteiger partial charge in [0.25, 0.3) is 0 Å². The average molecular weight is 1240 g/mol. The fraction of sp³-hybridized carbons (Fsp3) is 0.188. The molecule has 2 aliphatic rings. The van der Waals surface area contributed by atoms with Crippen LogP contribution in [0.2, 0.25) is 0 Å². The molecular formula is C96H86. The smallest absolute Gasteiger partial charge is 0.0463 e. The molecule has 0 heterocycles. The van der Waals surface area contributed by atoms with Gasteiger partial charge in [0.2, 0.25) is 0 Å². The fourth-order valence-electron chi connectivity index (χ4n) is 16.4. The molecular weight excluding hydrogens is 1150 g/mol. The molecule has 2 unspecified atom stereocenters. The largest absolute Gasteiger partial charge is 0.0654 e. The molecule has 13 aromatic rings. The minimum atomic E-state index is -0.257. The normalized spacial score (nSPS) is 16.0. The van der Waals surface area contributed by atoms with E-state index < -0.39 is 0 Å². The maximum Gasteiger partial charge on any atom is 0.0463 e. The second-order valence-electron chi connectivity index (χ2n) is 29.2. The number of hydrogen-bond donors (Lipinski definition) is 0. The van der Waals surface area contributed by atoms with Crippen LogP contribution in [-0.2, 0) is 21.7 Å². The second kappa shape index (κ2) is 25.2. The first-order valence-electron chi connectivity index (χ1n) is 35.2. The quantitative estimate of drug-likeness (QED) is 0.0668.